The van der Waals surface area contributed by atoms with E-state index in [1.54, 1.807) is 25.1 Å². The summed E-state index contributed by atoms with van der Waals surface area (Å²) in [5.41, 5.74) is 1.20. The second-order valence-electron chi connectivity index (χ2n) is 7.45. The SMILES string of the molecule is Cc1ccc2cc(-c3nc(NC4CCN(S(C)(=O)=O)CC4)ncc3F)cc(F)c2n1. The van der Waals surface area contributed by atoms with Crippen LogP contribution in [0.3, 0.4) is 0 Å². The van der Waals surface area contributed by atoms with E-state index in [2.05, 4.69) is 20.3 Å². The molecule has 0 unspecified atom stereocenters. The van der Waals surface area contributed by atoms with Gasteiger partial charge in [-0.1, -0.05) is 6.07 Å². The molecule has 1 N–H and O–H groups in total. The van der Waals surface area contributed by atoms with Gasteiger partial charge in [0, 0.05) is 35.8 Å². The van der Waals surface area contributed by atoms with Gasteiger partial charge in [0.2, 0.25) is 16.0 Å². The van der Waals surface area contributed by atoms with Gasteiger partial charge < -0.3 is 5.32 Å². The molecule has 30 heavy (non-hydrogen) atoms. The number of halogens is 2. The fraction of sp³-hybridized carbons (Fsp3) is 0.350. The first-order chi connectivity index (χ1) is 14.2. The van der Waals surface area contributed by atoms with Crippen molar-refractivity contribution < 1.29 is 17.2 Å². The maximum absolute atomic E-state index is 14.6. The maximum atomic E-state index is 14.6. The number of piperidine rings is 1. The molecule has 0 bridgehead atoms. The number of aryl methyl sites for hydroxylation is 1. The first-order valence-corrected chi connectivity index (χ1v) is 11.4. The van der Waals surface area contributed by atoms with Crippen LogP contribution < -0.4 is 5.32 Å². The number of hydrogen-bond donors (Lipinski definition) is 1. The van der Waals surface area contributed by atoms with Crippen LogP contribution in [0.15, 0.2) is 30.5 Å². The number of rotatable bonds is 4. The summed E-state index contributed by atoms with van der Waals surface area (Å²) in [5, 5.41) is 3.69. The van der Waals surface area contributed by atoms with Crippen LogP contribution in [-0.2, 0) is 10.0 Å². The summed E-state index contributed by atoms with van der Waals surface area (Å²) in [6, 6.07) is 6.32. The molecule has 0 spiro atoms. The summed E-state index contributed by atoms with van der Waals surface area (Å²) in [7, 11) is -3.21. The third kappa shape index (κ3) is 4.24. The van der Waals surface area contributed by atoms with Gasteiger partial charge in [0.15, 0.2) is 5.82 Å². The molecule has 4 rings (SSSR count). The highest BCUT2D eigenvalue weighted by Crippen LogP contribution is 2.28. The lowest BCUT2D eigenvalue weighted by Gasteiger charge is -2.30. The van der Waals surface area contributed by atoms with Gasteiger partial charge in [-0.15, -0.1) is 0 Å². The lowest BCUT2D eigenvalue weighted by atomic mass is 10.1. The molecule has 1 aliphatic rings. The van der Waals surface area contributed by atoms with Crippen LogP contribution in [0, 0.1) is 18.6 Å². The third-order valence-electron chi connectivity index (χ3n) is 5.16. The number of pyridine rings is 1. The fourth-order valence-corrected chi connectivity index (χ4v) is 4.45. The summed E-state index contributed by atoms with van der Waals surface area (Å²) in [4.78, 5) is 12.4. The van der Waals surface area contributed by atoms with E-state index < -0.39 is 21.7 Å². The summed E-state index contributed by atoms with van der Waals surface area (Å²) in [5.74, 6) is -0.995. The molecular formula is C20H21F2N5O2S. The number of hydrogen-bond acceptors (Lipinski definition) is 6. The Bertz CT molecular complexity index is 1210. The highest BCUT2D eigenvalue weighted by molar-refractivity contribution is 7.88. The standard InChI is InChI=1S/C20H21F2N5O2S/c1-12-3-4-13-9-14(10-16(21)18(13)24-12)19-17(22)11-23-20(26-19)25-15-5-7-27(8-6-15)30(2,28)29/h3-4,9-11,15H,5-8H2,1-2H3,(H,23,25,26). The van der Waals surface area contributed by atoms with Gasteiger partial charge in [-0.25, -0.2) is 31.5 Å². The predicted molar refractivity (Wildman–Crippen MR) is 110 cm³/mol. The Labute approximate surface area is 173 Å². The van der Waals surface area contributed by atoms with E-state index in [4.69, 9.17) is 0 Å². The van der Waals surface area contributed by atoms with Crippen LogP contribution in [0.25, 0.3) is 22.2 Å². The topological polar surface area (TPSA) is 88.1 Å². The molecule has 3 heterocycles. The van der Waals surface area contributed by atoms with Crippen molar-refractivity contribution in [1.82, 2.24) is 19.3 Å². The first-order valence-electron chi connectivity index (χ1n) is 9.52. The lowest BCUT2D eigenvalue weighted by molar-refractivity contribution is 0.331. The van der Waals surface area contributed by atoms with E-state index in [1.165, 1.54) is 16.6 Å². The molecule has 0 aliphatic carbocycles. The monoisotopic (exact) mass is 433 g/mol. The van der Waals surface area contributed by atoms with Crippen molar-refractivity contribution in [2.75, 3.05) is 24.7 Å². The number of benzene rings is 1. The van der Waals surface area contributed by atoms with E-state index in [9.17, 15) is 17.2 Å². The smallest absolute Gasteiger partial charge is 0.223 e. The normalized spacial score (nSPS) is 16.1. The number of anilines is 1. The quantitative estimate of drug-likeness (QED) is 0.680. The lowest BCUT2D eigenvalue weighted by Crippen LogP contribution is -2.42. The zero-order valence-electron chi connectivity index (χ0n) is 16.6. The van der Waals surface area contributed by atoms with Crippen LogP contribution in [0.5, 0.6) is 0 Å². The van der Waals surface area contributed by atoms with Crippen molar-refractivity contribution in [3.63, 3.8) is 0 Å². The van der Waals surface area contributed by atoms with Crippen molar-refractivity contribution >= 4 is 26.9 Å². The minimum atomic E-state index is -3.21. The van der Waals surface area contributed by atoms with E-state index >= 15 is 0 Å². The number of fused-ring (bicyclic) bond motifs is 1. The Morgan fingerprint density at radius 2 is 1.83 bits per heavy atom. The van der Waals surface area contributed by atoms with E-state index in [0.717, 1.165) is 6.20 Å². The van der Waals surface area contributed by atoms with Crippen molar-refractivity contribution in [2.45, 2.75) is 25.8 Å². The number of nitrogens with zero attached hydrogens (tertiary/aromatic N) is 4. The summed E-state index contributed by atoms with van der Waals surface area (Å²) < 4.78 is 53.7. The molecule has 10 heteroatoms. The van der Waals surface area contributed by atoms with E-state index in [1.807, 2.05) is 0 Å². The average molecular weight is 433 g/mol. The number of aromatic nitrogens is 3. The molecule has 0 amide bonds. The zero-order valence-corrected chi connectivity index (χ0v) is 17.4. The Hall–Kier alpha value is -2.72. The molecule has 1 fully saturated rings. The van der Waals surface area contributed by atoms with Crippen molar-refractivity contribution in [3.8, 4) is 11.3 Å². The highest BCUT2D eigenvalue weighted by Gasteiger charge is 2.25. The van der Waals surface area contributed by atoms with Crippen LogP contribution >= 0.6 is 0 Å². The molecule has 0 saturated carbocycles. The van der Waals surface area contributed by atoms with Crippen molar-refractivity contribution in [2.24, 2.45) is 0 Å². The minimum Gasteiger partial charge on any atom is -0.351 e. The Balaban J connectivity index is 1.59. The van der Waals surface area contributed by atoms with Crippen molar-refractivity contribution in [3.05, 3.63) is 47.8 Å². The first kappa shape index (κ1) is 20.5. The predicted octanol–water partition coefficient (Wildman–Crippen LogP) is 3.11. The van der Waals surface area contributed by atoms with Gasteiger partial charge in [0.05, 0.1) is 12.5 Å². The zero-order chi connectivity index (χ0) is 21.5. The van der Waals surface area contributed by atoms with E-state index in [0.29, 0.717) is 42.6 Å². The highest BCUT2D eigenvalue weighted by atomic mass is 32.2. The molecule has 2 aromatic heterocycles. The van der Waals surface area contributed by atoms with Gasteiger partial charge in [0.25, 0.3) is 0 Å². The van der Waals surface area contributed by atoms with Gasteiger partial charge in [-0.3, -0.25) is 4.98 Å². The molecule has 0 radical (unpaired) electrons. The summed E-state index contributed by atoms with van der Waals surface area (Å²) in [6.07, 6.45) is 3.40. The van der Waals surface area contributed by atoms with Crippen molar-refractivity contribution in [1.29, 1.82) is 0 Å². The summed E-state index contributed by atoms with van der Waals surface area (Å²) in [6.45, 7) is 2.56. The van der Waals surface area contributed by atoms with E-state index in [-0.39, 0.29) is 23.2 Å². The number of sulfonamides is 1. The second-order valence-corrected chi connectivity index (χ2v) is 9.44. The van der Waals surface area contributed by atoms with Gasteiger partial charge in [-0.05, 0) is 38.0 Å². The molecule has 158 valence electrons. The van der Waals surface area contributed by atoms with Crippen LogP contribution in [0.1, 0.15) is 18.5 Å². The van der Waals surface area contributed by atoms with Crippen LogP contribution in [0.2, 0.25) is 0 Å². The van der Waals surface area contributed by atoms with Gasteiger partial charge in [-0.2, -0.15) is 0 Å². The molecule has 1 aromatic carbocycles. The molecule has 1 saturated heterocycles. The maximum Gasteiger partial charge on any atom is 0.223 e. The second kappa shape index (κ2) is 7.84. The molecule has 3 aromatic rings. The Kier molecular flexibility index (Phi) is 5.37. The van der Waals surface area contributed by atoms with Crippen LogP contribution in [-0.4, -0.2) is 53.1 Å². The Morgan fingerprint density at radius 3 is 2.53 bits per heavy atom. The van der Waals surface area contributed by atoms with Crippen LogP contribution in [0.4, 0.5) is 14.7 Å². The molecular weight excluding hydrogens is 412 g/mol. The summed E-state index contributed by atoms with van der Waals surface area (Å²) >= 11 is 0. The number of nitrogens with one attached hydrogen (secondary N) is 1. The molecule has 7 nitrogen and oxygen atoms in total. The average Bonchev–Trinajstić information content (AvgIpc) is 2.69. The fourth-order valence-electron chi connectivity index (χ4n) is 3.58. The minimum absolute atomic E-state index is 0.0116. The molecule has 0 atom stereocenters. The van der Waals surface area contributed by atoms with Gasteiger partial charge in [0.1, 0.15) is 17.0 Å². The Morgan fingerprint density at radius 1 is 1.10 bits per heavy atom. The molecule has 1 aliphatic heterocycles. The van der Waals surface area contributed by atoms with Gasteiger partial charge >= 0.3 is 0 Å². The third-order valence-corrected chi connectivity index (χ3v) is 6.46. The largest absolute Gasteiger partial charge is 0.351 e.